The van der Waals surface area contributed by atoms with Crippen LogP contribution in [0.2, 0.25) is 0 Å². The molecule has 0 aliphatic carbocycles. The summed E-state index contributed by atoms with van der Waals surface area (Å²) in [5.41, 5.74) is 6.26. The van der Waals surface area contributed by atoms with E-state index in [9.17, 15) is 4.79 Å². The van der Waals surface area contributed by atoms with Gasteiger partial charge in [-0.25, -0.2) is 4.68 Å². The molecule has 0 unspecified atom stereocenters. The number of nitrogens with two attached hydrogens (primary N) is 1. The Morgan fingerprint density at radius 2 is 2.24 bits per heavy atom. The normalized spacial score (nSPS) is 10.5. The highest BCUT2D eigenvalue weighted by molar-refractivity contribution is 5.41. The van der Waals surface area contributed by atoms with Crippen molar-refractivity contribution in [3.8, 4) is 0 Å². The molecule has 0 saturated carbocycles. The number of hydrogen-bond acceptors (Lipinski definition) is 4. The fraction of sp³-hybridized carbons (Fsp3) is 0.667. The van der Waals surface area contributed by atoms with E-state index >= 15 is 0 Å². The van der Waals surface area contributed by atoms with E-state index in [1.165, 1.54) is 4.68 Å². The molecular weight excluding hydrogens is 216 g/mol. The third-order valence-corrected chi connectivity index (χ3v) is 2.68. The van der Waals surface area contributed by atoms with Crippen molar-refractivity contribution in [2.24, 2.45) is 5.73 Å². The van der Waals surface area contributed by atoms with E-state index < -0.39 is 0 Å². The van der Waals surface area contributed by atoms with Gasteiger partial charge in [0.1, 0.15) is 0 Å². The molecule has 0 spiro atoms. The van der Waals surface area contributed by atoms with Crippen molar-refractivity contribution in [2.75, 3.05) is 25.0 Å². The first-order valence-electron chi connectivity index (χ1n) is 6.17. The van der Waals surface area contributed by atoms with E-state index in [0.29, 0.717) is 13.1 Å². The van der Waals surface area contributed by atoms with E-state index in [1.807, 2.05) is 11.9 Å². The largest absolute Gasteiger partial charge is 0.373 e. The maximum Gasteiger partial charge on any atom is 0.268 e. The minimum absolute atomic E-state index is 0.0394. The number of aryl methyl sites for hydroxylation is 1. The zero-order valence-electron chi connectivity index (χ0n) is 10.7. The molecule has 0 amide bonds. The van der Waals surface area contributed by atoms with Crippen molar-refractivity contribution < 1.29 is 0 Å². The topological polar surface area (TPSA) is 64.2 Å². The van der Waals surface area contributed by atoms with Gasteiger partial charge in [0.15, 0.2) is 0 Å². The van der Waals surface area contributed by atoms with Crippen LogP contribution in [0.4, 0.5) is 5.69 Å². The van der Waals surface area contributed by atoms with Gasteiger partial charge < -0.3 is 10.6 Å². The summed E-state index contributed by atoms with van der Waals surface area (Å²) < 4.78 is 1.50. The molecule has 0 radical (unpaired) electrons. The van der Waals surface area contributed by atoms with Crippen LogP contribution in [0.5, 0.6) is 0 Å². The summed E-state index contributed by atoms with van der Waals surface area (Å²) in [5, 5.41) is 4.18. The number of anilines is 1. The van der Waals surface area contributed by atoms with Crippen molar-refractivity contribution >= 4 is 5.69 Å². The van der Waals surface area contributed by atoms with E-state index in [0.717, 1.165) is 31.5 Å². The highest BCUT2D eigenvalue weighted by atomic mass is 16.1. The molecule has 0 saturated heterocycles. The molecule has 0 aliphatic heterocycles. The molecule has 1 rings (SSSR count). The fourth-order valence-electron chi connectivity index (χ4n) is 1.67. The Kier molecular flexibility index (Phi) is 5.69. The Hall–Kier alpha value is -1.36. The number of aromatic nitrogens is 2. The first kappa shape index (κ1) is 13.7. The lowest BCUT2D eigenvalue weighted by atomic mass is 10.3. The second kappa shape index (κ2) is 7.06. The van der Waals surface area contributed by atoms with Gasteiger partial charge in [-0.05, 0) is 25.8 Å². The SMILES string of the molecule is CCCN(C)c1cnn(CCCCN)c(=O)c1. The summed E-state index contributed by atoms with van der Waals surface area (Å²) in [6.07, 6.45) is 4.62. The Balaban J connectivity index is 2.69. The number of rotatable bonds is 7. The summed E-state index contributed by atoms with van der Waals surface area (Å²) in [4.78, 5) is 13.8. The molecule has 0 fully saturated rings. The first-order chi connectivity index (χ1) is 8.19. The van der Waals surface area contributed by atoms with Gasteiger partial charge in [-0.15, -0.1) is 0 Å². The number of unbranched alkanes of at least 4 members (excludes halogenated alkanes) is 1. The van der Waals surface area contributed by atoms with Crippen LogP contribution in [0.1, 0.15) is 26.2 Å². The van der Waals surface area contributed by atoms with Gasteiger partial charge >= 0.3 is 0 Å². The third-order valence-electron chi connectivity index (χ3n) is 2.68. The molecule has 2 N–H and O–H groups in total. The second-order valence-corrected chi connectivity index (χ2v) is 4.19. The molecule has 1 heterocycles. The van der Waals surface area contributed by atoms with Crippen LogP contribution in [0.25, 0.3) is 0 Å². The molecule has 17 heavy (non-hydrogen) atoms. The van der Waals surface area contributed by atoms with Crippen molar-refractivity contribution in [2.45, 2.75) is 32.7 Å². The monoisotopic (exact) mass is 238 g/mol. The van der Waals surface area contributed by atoms with Crippen LogP contribution in [0.15, 0.2) is 17.1 Å². The van der Waals surface area contributed by atoms with Gasteiger partial charge in [-0.2, -0.15) is 5.10 Å². The summed E-state index contributed by atoms with van der Waals surface area (Å²) >= 11 is 0. The van der Waals surface area contributed by atoms with E-state index in [1.54, 1.807) is 12.3 Å². The smallest absolute Gasteiger partial charge is 0.268 e. The fourth-order valence-corrected chi connectivity index (χ4v) is 1.67. The van der Waals surface area contributed by atoms with Crippen LogP contribution in [0.3, 0.4) is 0 Å². The molecule has 96 valence electrons. The Morgan fingerprint density at radius 3 is 2.82 bits per heavy atom. The van der Waals surface area contributed by atoms with Gasteiger partial charge in [0.25, 0.3) is 5.56 Å². The third kappa shape index (κ3) is 4.19. The maximum absolute atomic E-state index is 11.8. The van der Waals surface area contributed by atoms with Crippen LogP contribution in [-0.2, 0) is 6.54 Å². The van der Waals surface area contributed by atoms with Gasteiger partial charge in [0.2, 0.25) is 0 Å². The minimum Gasteiger partial charge on any atom is -0.373 e. The molecule has 5 nitrogen and oxygen atoms in total. The van der Waals surface area contributed by atoms with Gasteiger partial charge in [-0.1, -0.05) is 6.92 Å². The first-order valence-corrected chi connectivity index (χ1v) is 6.17. The second-order valence-electron chi connectivity index (χ2n) is 4.19. The lowest BCUT2D eigenvalue weighted by Gasteiger charge is -2.17. The highest BCUT2D eigenvalue weighted by Gasteiger charge is 2.03. The van der Waals surface area contributed by atoms with E-state index in [4.69, 9.17) is 5.73 Å². The molecule has 0 aliphatic rings. The predicted molar refractivity (Wildman–Crippen MR) is 70.3 cm³/mol. The molecule has 0 aromatic carbocycles. The van der Waals surface area contributed by atoms with Crippen LogP contribution in [-0.4, -0.2) is 29.9 Å². The van der Waals surface area contributed by atoms with Crippen LogP contribution in [0, 0.1) is 0 Å². The van der Waals surface area contributed by atoms with Crippen molar-refractivity contribution in [1.82, 2.24) is 9.78 Å². The minimum atomic E-state index is -0.0394. The van der Waals surface area contributed by atoms with E-state index in [-0.39, 0.29) is 5.56 Å². The molecule has 1 aromatic rings. The highest BCUT2D eigenvalue weighted by Crippen LogP contribution is 2.07. The Labute approximate surface area is 102 Å². The lowest BCUT2D eigenvalue weighted by molar-refractivity contribution is 0.534. The van der Waals surface area contributed by atoms with Gasteiger partial charge in [0, 0.05) is 26.2 Å². The molecular formula is C12H22N4O. The molecule has 1 aromatic heterocycles. The van der Waals surface area contributed by atoms with E-state index in [2.05, 4.69) is 12.0 Å². The average molecular weight is 238 g/mol. The Morgan fingerprint density at radius 1 is 1.47 bits per heavy atom. The van der Waals surface area contributed by atoms with Crippen LogP contribution >= 0.6 is 0 Å². The van der Waals surface area contributed by atoms with Crippen molar-refractivity contribution in [3.63, 3.8) is 0 Å². The van der Waals surface area contributed by atoms with Crippen molar-refractivity contribution in [3.05, 3.63) is 22.6 Å². The molecule has 5 heteroatoms. The summed E-state index contributed by atoms with van der Waals surface area (Å²) in [6, 6.07) is 1.64. The maximum atomic E-state index is 11.8. The molecule has 0 bridgehead atoms. The number of hydrogen-bond donors (Lipinski definition) is 1. The molecule has 0 atom stereocenters. The lowest BCUT2D eigenvalue weighted by Crippen LogP contribution is -2.26. The predicted octanol–water partition coefficient (Wildman–Crippen LogP) is 0.828. The zero-order valence-corrected chi connectivity index (χ0v) is 10.7. The zero-order chi connectivity index (χ0) is 12.7. The Bertz CT molecular complexity index is 388. The quantitative estimate of drug-likeness (QED) is 0.715. The number of nitrogens with zero attached hydrogens (tertiary/aromatic N) is 3. The van der Waals surface area contributed by atoms with Gasteiger partial charge in [-0.3, -0.25) is 4.79 Å². The summed E-state index contributed by atoms with van der Waals surface area (Å²) in [6.45, 7) is 4.34. The van der Waals surface area contributed by atoms with Crippen LogP contribution < -0.4 is 16.2 Å². The van der Waals surface area contributed by atoms with Gasteiger partial charge in [0.05, 0.1) is 11.9 Å². The summed E-state index contributed by atoms with van der Waals surface area (Å²) in [5.74, 6) is 0. The van der Waals surface area contributed by atoms with Crippen molar-refractivity contribution in [1.29, 1.82) is 0 Å². The average Bonchev–Trinajstić information content (AvgIpc) is 2.31. The standard InChI is InChI=1S/C12H22N4O/c1-3-7-15(2)11-9-12(17)16(14-10-11)8-5-4-6-13/h9-10H,3-8,13H2,1-2H3. The summed E-state index contributed by atoms with van der Waals surface area (Å²) in [7, 11) is 1.97.